The Morgan fingerprint density at radius 1 is 1.17 bits per heavy atom. The van der Waals surface area contributed by atoms with Crippen molar-refractivity contribution in [2.75, 3.05) is 0 Å². The third-order valence-electron chi connectivity index (χ3n) is 2.39. The van der Waals surface area contributed by atoms with Crippen molar-refractivity contribution in [3.8, 4) is 5.75 Å². The van der Waals surface area contributed by atoms with Crippen LogP contribution >= 0.6 is 12.2 Å². The Balaban J connectivity index is 2.78. The summed E-state index contributed by atoms with van der Waals surface area (Å²) >= 11 is 5.06. The van der Waals surface area contributed by atoms with Gasteiger partial charge in [0.1, 0.15) is 21.9 Å². The fourth-order valence-electron chi connectivity index (χ4n) is 1.54. The fraction of sp³-hybridized carbons (Fsp3) is 0.312. The monoisotopic (exact) mass is 336 g/mol. The van der Waals surface area contributed by atoms with Crippen molar-refractivity contribution in [3.63, 3.8) is 0 Å². The van der Waals surface area contributed by atoms with E-state index in [1.807, 2.05) is 0 Å². The molecule has 0 spiro atoms. The van der Waals surface area contributed by atoms with Crippen molar-refractivity contribution in [1.82, 2.24) is 5.32 Å². The van der Waals surface area contributed by atoms with E-state index < -0.39 is 17.7 Å². The topological polar surface area (TPSA) is 90.7 Å². The summed E-state index contributed by atoms with van der Waals surface area (Å²) in [4.78, 5) is 23.8. The molecule has 23 heavy (non-hydrogen) atoms. The number of carbonyl (C=O) groups is 2. The molecule has 3 N–H and O–H groups in total. The summed E-state index contributed by atoms with van der Waals surface area (Å²) in [6.45, 7) is 6.65. The zero-order valence-electron chi connectivity index (χ0n) is 13.5. The Morgan fingerprint density at radius 3 is 2.22 bits per heavy atom. The normalized spacial score (nSPS) is 12.0. The number of nitrogens with one attached hydrogen (secondary N) is 1. The molecule has 0 heterocycles. The lowest BCUT2D eigenvalue weighted by Gasteiger charge is -2.21. The van der Waals surface area contributed by atoms with Gasteiger partial charge in [0.2, 0.25) is 0 Å². The van der Waals surface area contributed by atoms with Gasteiger partial charge in [0.05, 0.1) is 0 Å². The van der Waals surface area contributed by atoms with Crippen molar-refractivity contribution >= 4 is 29.3 Å². The first kappa shape index (κ1) is 18.6. The van der Waals surface area contributed by atoms with Gasteiger partial charge in [0, 0.05) is 5.70 Å². The number of nitrogens with two attached hydrogens (primary N) is 1. The maximum Gasteiger partial charge on any atom is 0.417 e. The smallest absolute Gasteiger partial charge is 0.417 e. The number of carbonyl (C=O) groups excluding carboxylic acids is 2. The van der Waals surface area contributed by atoms with E-state index in [2.05, 4.69) is 5.32 Å². The Labute approximate surface area is 140 Å². The van der Waals surface area contributed by atoms with Crippen molar-refractivity contribution in [1.29, 1.82) is 0 Å². The minimum atomic E-state index is -0.816. The van der Waals surface area contributed by atoms with Gasteiger partial charge in [-0.15, -0.1) is 0 Å². The molecular formula is C16H20N2O4S. The predicted molar refractivity (Wildman–Crippen MR) is 90.9 cm³/mol. The van der Waals surface area contributed by atoms with Gasteiger partial charge in [-0.2, -0.15) is 0 Å². The number of allylic oxidation sites excluding steroid dienone is 1. The summed E-state index contributed by atoms with van der Waals surface area (Å²) in [7, 11) is 0. The predicted octanol–water partition coefficient (Wildman–Crippen LogP) is 2.68. The van der Waals surface area contributed by atoms with Gasteiger partial charge in [-0.05, 0) is 39.8 Å². The number of esters is 1. The number of amides is 1. The number of para-hydroxylation sites is 1. The zero-order valence-corrected chi connectivity index (χ0v) is 14.3. The fourth-order valence-corrected chi connectivity index (χ4v) is 1.87. The van der Waals surface area contributed by atoms with E-state index in [4.69, 9.17) is 27.4 Å². The summed E-state index contributed by atoms with van der Waals surface area (Å²) in [5.41, 5.74) is 5.05. The first-order valence-corrected chi connectivity index (χ1v) is 7.29. The van der Waals surface area contributed by atoms with Crippen LogP contribution < -0.4 is 15.8 Å². The third-order valence-corrected chi connectivity index (χ3v) is 2.70. The van der Waals surface area contributed by atoms with Crippen LogP contribution in [0.15, 0.2) is 41.6 Å². The Kier molecular flexibility index (Phi) is 6.27. The lowest BCUT2D eigenvalue weighted by Crippen LogP contribution is -2.37. The van der Waals surface area contributed by atoms with Gasteiger partial charge in [0.15, 0.2) is 0 Å². The van der Waals surface area contributed by atoms with Crippen molar-refractivity contribution in [3.05, 3.63) is 41.6 Å². The van der Waals surface area contributed by atoms with Crippen LogP contribution in [0, 0.1) is 0 Å². The maximum atomic E-state index is 12.1. The minimum absolute atomic E-state index is 0.0695. The quantitative estimate of drug-likeness (QED) is 0.501. The second-order valence-electron chi connectivity index (χ2n) is 5.72. The number of rotatable bonds is 3. The standard InChI is InChI=1S/C16H20N2O4S/c1-10(17)12(14(19)22-16(2,3)4)13(23)18-15(20)21-11-8-6-5-7-9-11/h5-9H,17H2,1-4H3,(H,18,20,23). The summed E-state index contributed by atoms with van der Waals surface area (Å²) in [5.74, 6) is -0.359. The van der Waals surface area contributed by atoms with Crippen LogP contribution in [0.25, 0.3) is 0 Å². The van der Waals surface area contributed by atoms with Crippen LogP contribution in [-0.4, -0.2) is 22.7 Å². The van der Waals surface area contributed by atoms with E-state index >= 15 is 0 Å². The van der Waals surface area contributed by atoms with E-state index in [0.29, 0.717) is 5.75 Å². The first-order chi connectivity index (χ1) is 10.6. The number of hydrogen-bond donors (Lipinski definition) is 2. The number of ether oxygens (including phenoxy) is 2. The number of benzene rings is 1. The second-order valence-corrected chi connectivity index (χ2v) is 6.12. The van der Waals surface area contributed by atoms with Crippen LogP contribution in [-0.2, 0) is 9.53 Å². The summed E-state index contributed by atoms with van der Waals surface area (Å²) in [6, 6.07) is 8.45. The molecule has 0 unspecified atom stereocenters. The van der Waals surface area contributed by atoms with E-state index in [1.54, 1.807) is 51.1 Å². The molecule has 1 rings (SSSR count). The van der Waals surface area contributed by atoms with Gasteiger partial charge in [-0.25, -0.2) is 9.59 Å². The van der Waals surface area contributed by atoms with Crippen molar-refractivity contribution in [2.45, 2.75) is 33.3 Å². The van der Waals surface area contributed by atoms with Crippen LogP contribution in [0.5, 0.6) is 5.75 Å². The highest BCUT2D eigenvalue weighted by Gasteiger charge is 2.25. The van der Waals surface area contributed by atoms with E-state index in [1.165, 1.54) is 6.92 Å². The van der Waals surface area contributed by atoms with E-state index in [9.17, 15) is 9.59 Å². The molecule has 0 saturated carbocycles. The highest BCUT2D eigenvalue weighted by atomic mass is 32.1. The molecule has 0 aliphatic heterocycles. The van der Waals surface area contributed by atoms with Gasteiger partial charge in [-0.1, -0.05) is 30.4 Å². The molecular weight excluding hydrogens is 316 g/mol. The lowest BCUT2D eigenvalue weighted by molar-refractivity contribution is -0.149. The molecule has 1 amide bonds. The minimum Gasteiger partial charge on any atom is -0.456 e. The summed E-state index contributed by atoms with van der Waals surface area (Å²) in [5, 5.41) is 2.31. The highest BCUT2D eigenvalue weighted by molar-refractivity contribution is 7.80. The maximum absolute atomic E-state index is 12.1. The molecule has 0 bridgehead atoms. The van der Waals surface area contributed by atoms with Gasteiger partial charge in [-0.3, -0.25) is 5.32 Å². The molecule has 1 aromatic carbocycles. The molecule has 0 saturated heterocycles. The molecule has 0 aliphatic rings. The zero-order chi connectivity index (χ0) is 17.6. The van der Waals surface area contributed by atoms with Gasteiger partial charge < -0.3 is 15.2 Å². The molecule has 1 aromatic rings. The summed E-state index contributed by atoms with van der Waals surface area (Å²) in [6.07, 6.45) is -0.816. The largest absolute Gasteiger partial charge is 0.456 e. The average molecular weight is 336 g/mol. The van der Waals surface area contributed by atoms with Crippen molar-refractivity contribution < 1.29 is 19.1 Å². The molecule has 7 heteroatoms. The average Bonchev–Trinajstić information content (AvgIpc) is 2.36. The lowest BCUT2D eigenvalue weighted by atomic mass is 10.1. The molecule has 0 aliphatic carbocycles. The third kappa shape index (κ3) is 6.48. The Bertz CT molecular complexity index is 629. The Morgan fingerprint density at radius 2 is 1.74 bits per heavy atom. The molecule has 124 valence electrons. The molecule has 6 nitrogen and oxygen atoms in total. The van der Waals surface area contributed by atoms with Crippen LogP contribution in [0.1, 0.15) is 27.7 Å². The second kappa shape index (κ2) is 7.73. The van der Waals surface area contributed by atoms with Crippen LogP contribution in [0.2, 0.25) is 0 Å². The van der Waals surface area contributed by atoms with E-state index in [-0.39, 0.29) is 16.3 Å². The number of thiocarbonyl (C=S) groups is 1. The molecule has 0 radical (unpaired) electrons. The van der Waals surface area contributed by atoms with E-state index in [0.717, 1.165) is 0 Å². The summed E-state index contributed by atoms with van der Waals surface area (Å²) < 4.78 is 10.3. The Hall–Kier alpha value is -2.41. The molecule has 0 fully saturated rings. The number of hydrogen-bond acceptors (Lipinski definition) is 6. The van der Waals surface area contributed by atoms with Gasteiger partial charge in [0.25, 0.3) is 0 Å². The van der Waals surface area contributed by atoms with Crippen LogP contribution in [0.3, 0.4) is 0 Å². The highest BCUT2D eigenvalue weighted by Crippen LogP contribution is 2.14. The molecule has 0 atom stereocenters. The van der Waals surface area contributed by atoms with Crippen LogP contribution in [0.4, 0.5) is 4.79 Å². The van der Waals surface area contributed by atoms with Gasteiger partial charge >= 0.3 is 12.1 Å². The van der Waals surface area contributed by atoms with Crippen molar-refractivity contribution in [2.24, 2.45) is 5.73 Å². The SMILES string of the molecule is CC(N)=C(C(=O)OC(C)(C)C)C(=S)NC(=O)Oc1ccccc1. The molecule has 0 aromatic heterocycles. The first-order valence-electron chi connectivity index (χ1n) is 6.88.